The summed E-state index contributed by atoms with van der Waals surface area (Å²) >= 11 is 1.30. The second kappa shape index (κ2) is 7.27. The molecule has 6 nitrogen and oxygen atoms in total. The molecule has 0 saturated heterocycles. The lowest BCUT2D eigenvalue weighted by atomic mass is 10.1. The van der Waals surface area contributed by atoms with Gasteiger partial charge in [0.15, 0.2) is 5.78 Å². The van der Waals surface area contributed by atoms with E-state index in [2.05, 4.69) is 15.5 Å². The molecule has 0 amide bonds. The standard InChI is InChI=1S/C17H16N4O2S/c1-12-7-9-13(10-8-12)15(22)11-24-17-18-19-20-21(17)14-5-3-4-6-16(14)23-2/h3-10H,11H2,1-2H3. The number of aryl methyl sites for hydroxylation is 1. The molecule has 0 aliphatic carbocycles. The molecule has 0 saturated carbocycles. The predicted molar refractivity (Wildman–Crippen MR) is 91.9 cm³/mol. The number of tetrazole rings is 1. The number of benzene rings is 2. The minimum atomic E-state index is 0.0366. The van der Waals surface area contributed by atoms with E-state index >= 15 is 0 Å². The average molecular weight is 340 g/mol. The van der Waals surface area contributed by atoms with Gasteiger partial charge in [-0.3, -0.25) is 4.79 Å². The van der Waals surface area contributed by atoms with Crippen molar-refractivity contribution in [3.8, 4) is 11.4 Å². The fraction of sp³-hybridized carbons (Fsp3) is 0.176. The summed E-state index contributed by atoms with van der Waals surface area (Å²) in [5.74, 6) is 0.963. The highest BCUT2D eigenvalue weighted by atomic mass is 32.2. The number of carbonyl (C=O) groups is 1. The lowest BCUT2D eigenvalue weighted by Gasteiger charge is -2.08. The van der Waals surface area contributed by atoms with Crippen molar-refractivity contribution in [1.29, 1.82) is 0 Å². The number of Topliss-reactive ketones (excluding diaryl/α,β-unsaturated/α-hetero) is 1. The zero-order valence-corrected chi connectivity index (χ0v) is 14.2. The number of hydrogen-bond donors (Lipinski definition) is 0. The van der Waals surface area contributed by atoms with Crippen molar-refractivity contribution in [2.75, 3.05) is 12.9 Å². The molecule has 122 valence electrons. The van der Waals surface area contributed by atoms with Crippen LogP contribution in [0.3, 0.4) is 0 Å². The van der Waals surface area contributed by atoms with E-state index in [0.717, 1.165) is 11.3 Å². The fourth-order valence-electron chi connectivity index (χ4n) is 2.18. The quantitative estimate of drug-likeness (QED) is 0.507. The zero-order valence-electron chi connectivity index (χ0n) is 13.3. The summed E-state index contributed by atoms with van der Waals surface area (Å²) in [6, 6.07) is 15.0. The van der Waals surface area contributed by atoms with Gasteiger partial charge >= 0.3 is 0 Å². The number of nitrogens with zero attached hydrogens (tertiary/aromatic N) is 4. The summed E-state index contributed by atoms with van der Waals surface area (Å²) in [5.41, 5.74) is 2.54. The van der Waals surface area contributed by atoms with Crippen LogP contribution in [0.2, 0.25) is 0 Å². The molecule has 0 aliphatic heterocycles. The van der Waals surface area contributed by atoms with E-state index in [4.69, 9.17) is 4.74 Å². The van der Waals surface area contributed by atoms with Crippen molar-refractivity contribution in [1.82, 2.24) is 20.2 Å². The number of para-hydroxylation sites is 2. The van der Waals surface area contributed by atoms with Gasteiger partial charge in [0.05, 0.1) is 12.9 Å². The molecule has 0 N–H and O–H groups in total. The number of thioether (sulfide) groups is 1. The van der Waals surface area contributed by atoms with Crippen LogP contribution in [0.15, 0.2) is 53.7 Å². The lowest BCUT2D eigenvalue weighted by Crippen LogP contribution is -2.05. The number of ketones is 1. The molecule has 0 spiro atoms. The van der Waals surface area contributed by atoms with Crippen molar-refractivity contribution in [3.05, 3.63) is 59.7 Å². The molecule has 7 heteroatoms. The van der Waals surface area contributed by atoms with Crippen LogP contribution in [-0.2, 0) is 0 Å². The second-order valence-corrected chi connectivity index (χ2v) is 6.07. The Balaban J connectivity index is 1.76. The molecule has 0 aliphatic rings. The van der Waals surface area contributed by atoms with E-state index < -0.39 is 0 Å². The van der Waals surface area contributed by atoms with Crippen LogP contribution in [-0.4, -0.2) is 38.9 Å². The van der Waals surface area contributed by atoms with Gasteiger partial charge in [-0.2, -0.15) is 4.68 Å². The predicted octanol–water partition coefficient (Wildman–Crippen LogP) is 2.95. The summed E-state index contributed by atoms with van der Waals surface area (Å²) in [7, 11) is 1.59. The Labute approximate surface area is 143 Å². The number of rotatable bonds is 6. The van der Waals surface area contributed by atoms with Gasteiger partial charge < -0.3 is 4.74 Å². The third kappa shape index (κ3) is 3.46. The highest BCUT2D eigenvalue weighted by Gasteiger charge is 2.15. The molecule has 0 atom stereocenters. The minimum Gasteiger partial charge on any atom is -0.494 e. The number of hydrogen-bond acceptors (Lipinski definition) is 6. The van der Waals surface area contributed by atoms with Gasteiger partial charge in [0, 0.05) is 5.56 Å². The van der Waals surface area contributed by atoms with E-state index in [1.165, 1.54) is 11.8 Å². The van der Waals surface area contributed by atoms with Crippen molar-refractivity contribution in [3.63, 3.8) is 0 Å². The van der Waals surface area contributed by atoms with Crippen LogP contribution in [0.25, 0.3) is 5.69 Å². The summed E-state index contributed by atoms with van der Waals surface area (Å²) < 4.78 is 6.91. The second-order valence-electron chi connectivity index (χ2n) is 5.12. The maximum Gasteiger partial charge on any atom is 0.214 e. The van der Waals surface area contributed by atoms with E-state index in [9.17, 15) is 4.79 Å². The zero-order chi connectivity index (χ0) is 16.9. The van der Waals surface area contributed by atoms with Crippen LogP contribution in [0.5, 0.6) is 5.75 Å². The van der Waals surface area contributed by atoms with E-state index in [0.29, 0.717) is 16.5 Å². The SMILES string of the molecule is COc1ccccc1-n1nnnc1SCC(=O)c1ccc(C)cc1. The summed E-state index contributed by atoms with van der Waals surface area (Å²) in [6.07, 6.45) is 0. The normalized spacial score (nSPS) is 10.6. The molecule has 2 aromatic carbocycles. The molecule has 3 aromatic rings. The molecule has 3 rings (SSSR count). The van der Waals surface area contributed by atoms with Crippen molar-refractivity contribution in [2.24, 2.45) is 0 Å². The van der Waals surface area contributed by atoms with E-state index in [1.807, 2.05) is 55.5 Å². The molecule has 0 radical (unpaired) electrons. The van der Waals surface area contributed by atoms with Gasteiger partial charge in [0.2, 0.25) is 5.16 Å². The van der Waals surface area contributed by atoms with Gasteiger partial charge in [0.1, 0.15) is 11.4 Å². The molecular weight excluding hydrogens is 324 g/mol. The first kappa shape index (κ1) is 16.2. The minimum absolute atomic E-state index is 0.0366. The van der Waals surface area contributed by atoms with Gasteiger partial charge in [-0.15, -0.1) is 5.10 Å². The first-order valence-corrected chi connectivity index (χ1v) is 8.32. The molecule has 0 bridgehead atoms. The van der Waals surface area contributed by atoms with Gasteiger partial charge in [-0.1, -0.05) is 53.7 Å². The summed E-state index contributed by atoms with van der Waals surface area (Å²) in [4.78, 5) is 12.3. The topological polar surface area (TPSA) is 69.9 Å². The van der Waals surface area contributed by atoms with Gasteiger partial charge in [0.25, 0.3) is 0 Å². The Kier molecular flexibility index (Phi) is 4.90. The average Bonchev–Trinajstić information content (AvgIpc) is 3.08. The maximum atomic E-state index is 12.3. The molecular formula is C17H16N4O2S. The van der Waals surface area contributed by atoms with E-state index in [1.54, 1.807) is 11.8 Å². The fourth-order valence-corrected chi connectivity index (χ4v) is 2.96. The first-order chi connectivity index (χ1) is 11.7. The van der Waals surface area contributed by atoms with Crippen LogP contribution >= 0.6 is 11.8 Å². The first-order valence-electron chi connectivity index (χ1n) is 7.33. The molecule has 1 heterocycles. The van der Waals surface area contributed by atoms with Crippen LogP contribution in [0, 0.1) is 6.92 Å². The molecule has 0 fully saturated rings. The van der Waals surface area contributed by atoms with Crippen molar-refractivity contribution in [2.45, 2.75) is 12.1 Å². The smallest absolute Gasteiger partial charge is 0.214 e. The third-order valence-electron chi connectivity index (χ3n) is 3.46. The Morgan fingerprint density at radius 3 is 2.67 bits per heavy atom. The Bertz CT molecular complexity index is 846. The Morgan fingerprint density at radius 1 is 1.17 bits per heavy atom. The van der Waals surface area contributed by atoms with Gasteiger partial charge in [-0.05, 0) is 29.5 Å². The third-order valence-corrected chi connectivity index (χ3v) is 4.38. The number of ether oxygens (including phenoxy) is 1. The Morgan fingerprint density at radius 2 is 1.92 bits per heavy atom. The van der Waals surface area contributed by atoms with Crippen LogP contribution < -0.4 is 4.74 Å². The molecule has 0 unspecified atom stereocenters. The number of methoxy groups -OCH3 is 1. The lowest BCUT2D eigenvalue weighted by molar-refractivity contribution is 0.102. The van der Waals surface area contributed by atoms with Crippen LogP contribution in [0.4, 0.5) is 0 Å². The van der Waals surface area contributed by atoms with E-state index in [-0.39, 0.29) is 11.5 Å². The number of carbonyl (C=O) groups excluding carboxylic acids is 1. The highest BCUT2D eigenvalue weighted by Crippen LogP contribution is 2.25. The maximum absolute atomic E-state index is 12.3. The highest BCUT2D eigenvalue weighted by molar-refractivity contribution is 7.99. The van der Waals surface area contributed by atoms with Crippen molar-refractivity contribution >= 4 is 17.5 Å². The monoisotopic (exact) mass is 340 g/mol. The number of aromatic nitrogens is 4. The van der Waals surface area contributed by atoms with Gasteiger partial charge in [-0.25, -0.2) is 0 Å². The molecule has 24 heavy (non-hydrogen) atoms. The molecule has 1 aromatic heterocycles. The van der Waals surface area contributed by atoms with Crippen LogP contribution in [0.1, 0.15) is 15.9 Å². The Hall–Kier alpha value is -2.67. The largest absolute Gasteiger partial charge is 0.494 e. The summed E-state index contributed by atoms with van der Waals surface area (Å²) in [5, 5.41) is 12.3. The summed E-state index contributed by atoms with van der Waals surface area (Å²) in [6.45, 7) is 1.99. The van der Waals surface area contributed by atoms with Crippen molar-refractivity contribution < 1.29 is 9.53 Å².